The molecule has 0 fully saturated rings. The van der Waals surface area contributed by atoms with Crippen molar-refractivity contribution in [3.8, 4) is 11.3 Å². The summed E-state index contributed by atoms with van der Waals surface area (Å²) in [6.45, 7) is 2.71. The maximum atomic E-state index is 5.70. The molecule has 18 heavy (non-hydrogen) atoms. The van der Waals surface area contributed by atoms with Crippen molar-refractivity contribution in [3.05, 3.63) is 47.1 Å². The third-order valence-electron chi connectivity index (χ3n) is 3.11. The molecule has 3 nitrogen and oxygen atoms in total. The zero-order chi connectivity index (χ0) is 12.5. The minimum Gasteiger partial charge on any atom is -0.330 e. The summed E-state index contributed by atoms with van der Waals surface area (Å²) in [4.78, 5) is 5.65. The summed E-state index contributed by atoms with van der Waals surface area (Å²) in [5.74, 6) is 0. The fraction of sp³-hybridized carbons (Fsp3) is 0.214. The van der Waals surface area contributed by atoms with Crippen LogP contribution in [-0.2, 0) is 6.42 Å². The molecular formula is C14H15N3S. The first-order valence-corrected chi connectivity index (χ1v) is 6.90. The van der Waals surface area contributed by atoms with Crippen molar-refractivity contribution >= 4 is 16.3 Å². The number of hydrogen-bond donors (Lipinski definition) is 1. The predicted octanol–water partition coefficient (Wildman–Crippen LogP) is 2.87. The SMILES string of the molecule is Cc1nc2scc(-c3ccccc3)n2c1CCN. The Labute approximate surface area is 110 Å². The first-order chi connectivity index (χ1) is 8.81. The van der Waals surface area contributed by atoms with E-state index in [9.17, 15) is 0 Å². The van der Waals surface area contributed by atoms with Gasteiger partial charge in [-0.3, -0.25) is 4.40 Å². The molecule has 4 heteroatoms. The summed E-state index contributed by atoms with van der Waals surface area (Å²) in [5.41, 5.74) is 10.4. The van der Waals surface area contributed by atoms with Crippen molar-refractivity contribution in [1.29, 1.82) is 0 Å². The van der Waals surface area contributed by atoms with Gasteiger partial charge in [0, 0.05) is 17.5 Å². The van der Waals surface area contributed by atoms with E-state index in [2.05, 4.69) is 46.0 Å². The lowest BCUT2D eigenvalue weighted by Gasteiger charge is -2.04. The first kappa shape index (κ1) is 11.4. The van der Waals surface area contributed by atoms with Gasteiger partial charge < -0.3 is 5.73 Å². The van der Waals surface area contributed by atoms with Crippen LogP contribution >= 0.6 is 11.3 Å². The quantitative estimate of drug-likeness (QED) is 0.784. The number of aryl methyl sites for hydroxylation is 1. The molecule has 0 aliphatic carbocycles. The lowest BCUT2D eigenvalue weighted by molar-refractivity contribution is 0.899. The second-order valence-corrected chi connectivity index (χ2v) is 5.12. The molecule has 3 rings (SSSR count). The number of aromatic nitrogens is 2. The third-order valence-corrected chi connectivity index (χ3v) is 3.94. The van der Waals surface area contributed by atoms with Crippen LogP contribution in [-0.4, -0.2) is 15.9 Å². The molecule has 0 unspecified atom stereocenters. The van der Waals surface area contributed by atoms with E-state index in [1.54, 1.807) is 11.3 Å². The van der Waals surface area contributed by atoms with Crippen molar-refractivity contribution < 1.29 is 0 Å². The van der Waals surface area contributed by atoms with Gasteiger partial charge in [0.15, 0.2) is 4.96 Å². The van der Waals surface area contributed by atoms with Gasteiger partial charge in [-0.1, -0.05) is 30.3 Å². The molecule has 0 bridgehead atoms. The number of rotatable bonds is 3. The Balaban J connectivity index is 2.24. The number of hydrogen-bond acceptors (Lipinski definition) is 3. The third kappa shape index (κ3) is 1.74. The second-order valence-electron chi connectivity index (χ2n) is 4.29. The lowest BCUT2D eigenvalue weighted by atomic mass is 10.1. The lowest BCUT2D eigenvalue weighted by Crippen LogP contribution is -2.06. The molecule has 0 amide bonds. The molecule has 0 saturated heterocycles. The molecule has 3 aromatic rings. The van der Waals surface area contributed by atoms with Gasteiger partial charge in [-0.2, -0.15) is 0 Å². The van der Waals surface area contributed by atoms with Gasteiger partial charge in [0.25, 0.3) is 0 Å². The zero-order valence-electron chi connectivity index (χ0n) is 10.3. The number of thiazole rings is 1. The van der Waals surface area contributed by atoms with Crippen LogP contribution in [0.3, 0.4) is 0 Å². The number of fused-ring (bicyclic) bond motifs is 1. The Kier molecular flexibility index (Phi) is 2.89. The number of nitrogens with two attached hydrogens (primary N) is 1. The minimum atomic E-state index is 0.651. The number of imidazole rings is 1. The average molecular weight is 257 g/mol. The molecule has 0 atom stereocenters. The molecule has 2 N–H and O–H groups in total. The van der Waals surface area contributed by atoms with Gasteiger partial charge in [-0.25, -0.2) is 4.98 Å². The molecular weight excluding hydrogens is 242 g/mol. The maximum Gasteiger partial charge on any atom is 0.194 e. The van der Waals surface area contributed by atoms with Crippen molar-refractivity contribution in [2.75, 3.05) is 6.54 Å². The molecule has 0 spiro atoms. The molecule has 0 aliphatic rings. The first-order valence-electron chi connectivity index (χ1n) is 6.02. The summed E-state index contributed by atoms with van der Waals surface area (Å²) in [7, 11) is 0. The van der Waals surface area contributed by atoms with Gasteiger partial charge in [0.1, 0.15) is 0 Å². The van der Waals surface area contributed by atoms with Crippen LogP contribution in [0.1, 0.15) is 11.4 Å². The highest BCUT2D eigenvalue weighted by Gasteiger charge is 2.14. The van der Waals surface area contributed by atoms with Gasteiger partial charge in [-0.15, -0.1) is 11.3 Å². The summed E-state index contributed by atoms with van der Waals surface area (Å²) >= 11 is 1.68. The Hall–Kier alpha value is -1.65. The highest BCUT2D eigenvalue weighted by Crippen LogP contribution is 2.28. The van der Waals surface area contributed by atoms with Crippen LogP contribution < -0.4 is 5.73 Å². The minimum absolute atomic E-state index is 0.651. The van der Waals surface area contributed by atoms with E-state index in [4.69, 9.17) is 5.73 Å². The number of benzene rings is 1. The van der Waals surface area contributed by atoms with Crippen LogP contribution in [0.5, 0.6) is 0 Å². The second kappa shape index (κ2) is 4.55. The van der Waals surface area contributed by atoms with Gasteiger partial charge in [0.05, 0.1) is 11.4 Å². The normalized spacial score (nSPS) is 11.2. The van der Waals surface area contributed by atoms with Crippen molar-refractivity contribution in [3.63, 3.8) is 0 Å². The summed E-state index contributed by atoms with van der Waals surface area (Å²) in [6, 6.07) is 10.4. The average Bonchev–Trinajstić information content (AvgIpc) is 2.92. The van der Waals surface area contributed by atoms with E-state index >= 15 is 0 Å². The smallest absolute Gasteiger partial charge is 0.194 e. The van der Waals surface area contributed by atoms with E-state index in [0.29, 0.717) is 6.54 Å². The molecule has 2 heterocycles. The Morgan fingerprint density at radius 1 is 1.28 bits per heavy atom. The van der Waals surface area contributed by atoms with Crippen LogP contribution in [0, 0.1) is 6.92 Å². The summed E-state index contributed by atoms with van der Waals surface area (Å²) in [5, 5.41) is 2.16. The van der Waals surface area contributed by atoms with Gasteiger partial charge in [0.2, 0.25) is 0 Å². The maximum absolute atomic E-state index is 5.70. The Bertz CT molecular complexity index is 667. The highest BCUT2D eigenvalue weighted by molar-refractivity contribution is 7.15. The van der Waals surface area contributed by atoms with E-state index in [1.807, 2.05) is 6.07 Å². The largest absolute Gasteiger partial charge is 0.330 e. The van der Waals surface area contributed by atoms with Crippen molar-refractivity contribution in [1.82, 2.24) is 9.38 Å². The molecule has 92 valence electrons. The zero-order valence-corrected chi connectivity index (χ0v) is 11.1. The van der Waals surface area contributed by atoms with Crippen molar-refractivity contribution in [2.45, 2.75) is 13.3 Å². The predicted molar refractivity (Wildman–Crippen MR) is 76.0 cm³/mol. The topological polar surface area (TPSA) is 43.3 Å². The Morgan fingerprint density at radius 2 is 2.06 bits per heavy atom. The fourth-order valence-electron chi connectivity index (χ4n) is 2.26. The van der Waals surface area contributed by atoms with Crippen molar-refractivity contribution in [2.24, 2.45) is 5.73 Å². The van der Waals surface area contributed by atoms with Crippen LogP contribution in [0.4, 0.5) is 0 Å². The summed E-state index contributed by atoms with van der Waals surface area (Å²) < 4.78 is 2.24. The molecule has 0 saturated carbocycles. The molecule has 1 aromatic carbocycles. The van der Waals surface area contributed by atoms with Crippen LogP contribution in [0.15, 0.2) is 35.7 Å². The molecule has 0 aliphatic heterocycles. The summed E-state index contributed by atoms with van der Waals surface area (Å²) in [6.07, 6.45) is 0.865. The molecule has 2 aromatic heterocycles. The van der Waals surface area contributed by atoms with E-state index in [-0.39, 0.29) is 0 Å². The van der Waals surface area contributed by atoms with Crippen LogP contribution in [0.2, 0.25) is 0 Å². The van der Waals surface area contributed by atoms with Gasteiger partial charge >= 0.3 is 0 Å². The van der Waals surface area contributed by atoms with E-state index in [1.165, 1.54) is 17.0 Å². The Morgan fingerprint density at radius 3 is 2.78 bits per heavy atom. The monoisotopic (exact) mass is 257 g/mol. The van der Waals surface area contributed by atoms with E-state index in [0.717, 1.165) is 17.1 Å². The number of nitrogens with zero attached hydrogens (tertiary/aromatic N) is 2. The van der Waals surface area contributed by atoms with E-state index < -0.39 is 0 Å². The van der Waals surface area contributed by atoms with Gasteiger partial charge in [-0.05, 0) is 19.0 Å². The van der Waals surface area contributed by atoms with Crippen LogP contribution in [0.25, 0.3) is 16.2 Å². The fourth-order valence-corrected chi connectivity index (χ4v) is 3.22. The highest BCUT2D eigenvalue weighted by atomic mass is 32.1. The molecule has 0 radical (unpaired) electrons. The standard InChI is InChI=1S/C14H15N3S/c1-10-12(7-8-15)17-13(9-18-14(17)16-10)11-5-3-2-4-6-11/h2-6,9H,7-8,15H2,1H3.